The number of amides is 1. The van der Waals surface area contributed by atoms with Gasteiger partial charge in [-0.05, 0) is 61.0 Å². The molecule has 33 heavy (non-hydrogen) atoms. The zero-order valence-corrected chi connectivity index (χ0v) is 18.8. The van der Waals surface area contributed by atoms with E-state index in [2.05, 4.69) is 5.32 Å². The maximum atomic E-state index is 13.3. The minimum atomic E-state index is -3.97. The van der Waals surface area contributed by atoms with Crippen molar-refractivity contribution in [3.8, 4) is 17.2 Å². The van der Waals surface area contributed by atoms with E-state index in [4.69, 9.17) is 18.6 Å². The fourth-order valence-corrected chi connectivity index (χ4v) is 4.66. The van der Waals surface area contributed by atoms with E-state index < -0.39 is 15.9 Å². The Bertz CT molecular complexity index is 1190. The first-order chi connectivity index (χ1) is 16.0. The average Bonchev–Trinajstić information content (AvgIpc) is 3.49. The second-order valence-corrected chi connectivity index (χ2v) is 9.16. The summed E-state index contributed by atoms with van der Waals surface area (Å²) in [6.07, 6.45) is 1.46. The summed E-state index contributed by atoms with van der Waals surface area (Å²) in [5, 5.41) is 2.76. The number of hydrogen-bond acceptors (Lipinski definition) is 7. The van der Waals surface area contributed by atoms with Crippen LogP contribution in [0.3, 0.4) is 0 Å². The van der Waals surface area contributed by atoms with E-state index in [1.54, 1.807) is 36.4 Å². The van der Waals surface area contributed by atoms with Crippen molar-refractivity contribution in [2.24, 2.45) is 0 Å². The van der Waals surface area contributed by atoms with Gasteiger partial charge in [-0.3, -0.25) is 4.79 Å². The lowest BCUT2D eigenvalue weighted by molar-refractivity contribution is -0.121. The van der Waals surface area contributed by atoms with Gasteiger partial charge < -0.3 is 23.9 Å². The summed E-state index contributed by atoms with van der Waals surface area (Å²) in [7, 11) is -3.97. The molecular weight excluding hydrogens is 448 g/mol. The van der Waals surface area contributed by atoms with Gasteiger partial charge in [0.05, 0.1) is 30.9 Å². The number of furan rings is 1. The summed E-state index contributed by atoms with van der Waals surface area (Å²) >= 11 is 0. The molecule has 0 fully saturated rings. The number of hydrogen-bond donors (Lipinski definition) is 1. The minimum Gasteiger partial charge on any atom is -0.494 e. The molecule has 1 aliphatic heterocycles. The molecule has 1 amide bonds. The van der Waals surface area contributed by atoms with Gasteiger partial charge in [-0.1, -0.05) is 6.07 Å². The molecule has 9 nitrogen and oxygen atoms in total. The molecule has 0 aliphatic carbocycles. The van der Waals surface area contributed by atoms with Crippen LogP contribution in [0.1, 0.15) is 18.2 Å². The van der Waals surface area contributed by atoms with Gasteiger partial charge >= 0.3 is 0 Å². The van der Waals surface area contributed by atoms with Crippen molar-refractivity contribution in [2.75, 3.05) is 19.9 Å². The lowest BCUT2D eigenvalue weighted by Crippen LogP contribution is -2.40. The molecular formula is C23H24N2O7S. The quantitative estimate of drug-likeness (QED) is 0.483. The van der Waals surface area contributed by atoms with Crippen LogP contribution < -0.4 is 19.5 Å². The smallest absolute Gasteiger partial charge is 0.243 e. The van der Waals surface area contributed by atoms with Gasteiger partial charge in [0, 0.05) is 6.54 Å². The van der Waals surface area contributed by atoms with Crippen molar-refractivity contribution in [3.63, 3.8) is 0 Å². The molecule has 0 saturated carbocycles. The zero-order chi connectivity index (χ0) is 23.3. The third kappa shape index (κ3) is 5.47. The van der Waals surface area contributed by atoms with Crippen molar-refractivity contribution in [1.82, 2.24) is 9.62 Å². The predicted octanol–water partition coefficient (Wildman–Crippen LogP) is 2.91. The summed E-state index contributed by atoms with van der Waals surface area (Å²) < 4.78 is 49.0. The Hall–Kier alpha value is -3.50. The normalized spacial score (nSPS) is 12.7. The van der Waals surface area contributed by atoms with Gasteiger partial charge in [0.1, 0.15) is 11.5 Å². The molecule has 0 unspecified atom stereocenters. The summed E-state index contributed by atoms with van der Waals surface area (Å²) in [6, 6.07) is 14.8. The molecule has 1 N–H and O–H groups in total. The Balaban J connectivity index is 1.47. The topological polar surface area (TPSA) is 107 Å². The lowest BCUT2D eigenvalue weighted by atomic mass is 10.2. The first-order valence-electron chi connectivity index (χ1n) is 10.4. The number of ether oxygens (including phenoxy) is 3. The van der Waals surface area contributed by atoms with E-state index in [0.717, 1.165) is 9.87 Å². The van der Waals surface area contributed by atoms with Crippen LogP contribution in [0.25, 0.3) is 0 Å². The van der Waals surface area contributed by atoms with E-state index in [1.165, 1.54) is 18.4 Å². The summed E-state index contributed by atoms with van der Waals surface area (Å²) in [5.74, 6) is 1.80. The maximum Gasteiger partial charge on any atom is 0.243 e. The minimum absolute atomic E-state index is 0.0566. The SMILES string of the molecule is CCOc1ccc(S(=O)(=O)N(CC(=O)NCc2ccc3c(c2)OCO3)Cc2ccco2)cc1. The van der Waals surface area contributed by atoms with Crippen LogP contribution in [0.4, 0.5) is 0 Å². The molecule has 1 aromatic heterocycles. The zero-order valence-electron chi connectivity index (χ0n) is 18.0. The number of benzene rings is 2. The molecule has 174 valence electrons. The predicted molar refractivity (Wildman–Crippen MR) is 118 cm³/mol. The van der Waals surface area contributed by atoms with Crippen LogP contribution in [0.5, 0.6) is 17.2 Å². The van der Waals surface area contributed by atoms with Crippen LogP contribution in [-0.4, -0.2) is 38.6 Å². The van der Waals surface area contributed by atoms with Crippen molar-refractivity contribution in [1.29, 1.82) is 0 Å². The van der Waals surface area contributed by atoms with Crippen LogP contribution in [0.15, 0.2) is 70.2 Å². The van der Waals surface area contributed by atoms with Gasteiger partial charge in [-0.15, -0.1) is 0 Å². The fourth-order valence-electron chi connectivity index (χ4n) is 3.29. The van der Waals surface area contributed by atoms with Crippen molar-refractivity contribution in [2.45, 2.75) is 24.9 Å². The number of nitrogens with zero attached hydrogens (tertiary/aromatic N) is 1. The second kappa shape index (κ2) is 9.97. The van der Waals surface area contributed by atoms with Gasteiger partial charge in [0.15, 0.2) is 11.5 Å². The first kappa shape index (κ1) is 22.7. The molecule has 3 aromatic rings. The van der Waals surface area contributed by atoms with E-state index >= 15 is 0 Å². The van der Waals surface area contributed by atoms with Gasteiger partial charge in [0.25, 0.3) is 0 Å². The Morgan fingerprint density at radius 2 is 1.88 bits per heavy atom. The molecule has 0 saturated heterocycles. The number of fused-ring (bicyclic) bond motifs is 1. The lowest BCUT2D eigenvalue weighted by Gasteiger charge is -2.21. The van der Waals surface area contributed by atoms with Gasteiger partial charge in [0.2, 0.25) is 22.7 Å². The van der Waals surface area contributed by atoms with E-state index in [9.17, 15) is 13.2 Å². The third-order valence-corrected chi connectivity index (χ3v) is 6.74. The molecule has 10 heteroatoms. The molecule has 0 spiro atoms. The first-order valence-corrected chi connectivity index (χ1v) is 11.8. The highest BCUT2D eigenvalue weighted by Gasteiger charge is 2.28. The van der Waals surface area contributed by atoms with Crippen molar-refractivity contribution in [3.05, 3.63) is 72.2 Å². The van der Waals surface area contributed by atoms with Crippen LogP contribution in [0, 0.1) is 0 Å². The van der Waals surface area contributed by atoms with Crippen LogP contribution in [0.2, 0.25) is 0 Å². The van der Waals surface area contributed by atoms with Crippen LogP contribution in [-0.2, 0) is 27.9 Å². The molecule has 2 heterocycles. The maximum absolute atomic E-state index is 13.3. The molecule has 4 rings (SSSR count). The Kier molecular flexibility index (Phi) is 6.85. The summed E-state index contributed by atoms with van der Waals surface area (Å²) in [4.78, 5) is 12.7. The molecule has 0 bridgehead atoms. The number of carbonyl (C=O) groups is 1. The van der Waals surface area contributed by atoms with Gasteiger partial charge in [-0.25, -0.2) is 8.42 Å². The standard InChI is InChI=1S/C23H24N2O7S/c1-2-29-18-6-8-20(9-7-18)33(27,28)25(14-19-4-3-11-30-19)15-23(26)24-13-17-5-10-21-22(12-17)32-16-31-21/h3-12H,2,13-16H2,1H3,(H,24,26). The highest BCUT2D eigenvalue weighted by Crippen LogP contribution is 2.32. The molecule has 0 atom stereocenters. The monoisotopic (exact) mass is 472 g/mol. The highest BCUT2D eigenvalue weighted by atomic mass is 32.2. The van der Waals surface area contributed by atoms with Crippen molar-refractivity contribution >= 4 is 15.9 Å². The Morgan fingerprint density at radius 1 is 1.09 bits per heavy atom. The molecule has 0 radical (unpaired) electrons. The largest absolute Gasteiger partial charge is 0.494 e. The number of carbonyl (C=O) groups excluding carboxylic acids is 1. The fraction of sp³-hybridized carbons (Fsp3) is 0.261. The van der Waals surface area contributed by atoms with Crippen LogP contribution >= 0.6 is 0 Å². The number of sulfonamides is 1. The molecule has 2 aromatic carbocycles. The van der Waals surface area contributed by atoms with Gasteiger partial charge in [-0.2, -0.15) is 4.31 Å². The number of rotatable bonds is 10. The summed E-state index contributed by atoms with van der Waals surface area (Å²) in [5.41, 5.74) is 0.805. The van der Waals surface area contributed by atoms with E-state index in [-0.39, 0.29) is 31.3 Å². The molecule has 1 aliphatic rings. The van der Waals surface area contributed by atoms with Crippen molar-refractivity contribution < 1.29 is 31.8 Å². The number of nitrogens with one attached hydrogen (secondary N) is 1. The van der Waals surface area contributed by atoms with E-state index in [1.807, 2.05) is 13.0 Å². The summed E-state index contributed by atoms with van der Waals surface area (Å²) in [6.45, 7) is 2.24. The average molecular weight is 473 g/mol. The van der Waals surface area contributed by atoms with E-state index in [0.29, 0.717) is 29.6 Å². The second-order valence-electron chi connectivity index (χ2n) is 7.22. The third-order valence-electron chi connectivity index (χ3n) is 4.93. The highest BCUT2D eigenvalue weighted by molar-refractivity contribution is 7.89. The Morgan fingerprint density at radius 3 is 2.61 bits per heavy atom. The Labute approximate surface area is 191 Å².